The lowest BCUT2D eigenvalue weighted by Crippen LogP contribution is -2.43. The first kappa shape index (κ1) is 15.9. The van der Waals surface area contributed by atoms with Crippen molar-refractivity contribution >= 4 is 35.2 Å². The van der Waals surface area contributed by atoms with Crippen LogP contribution in [0.4, 0.5) is 0 Å². The van der Waals surface area contributed by atoms with E-state index < -0.39 is 17.3 Å². The lowest BCUT2D eigenvalue weighted by molar-refractivity contribution is -0.141. The summed E-state index contributed by atoms with van der Waals surface area (Å²) in [5.74, 6) is -1.33. The summed E-state index contributed by atoms with van der Waals surface area (Å²) < 4.78 is 0. The molecule has 0 heterocycles. The molecule has 0 bridgehead atoms. The van der Waals surface area contributed by atoms with Gasteiger partial charge in [0, 0.05) is 4.90 Å². The van der Waals surface area contributed by atoms with Crippen molar-refractivity contribution in [2.45, 2.75) is 36.5 Å². The predicted molar refractivity (Wildman–Crippen MR) is 76.6 cm³/mol. The maximum absolute atomic E-state index is 11.9. The number of aliphatic carboxylic acids is 1. The third kappa shape index (κ3) is 4.76. The summed E-state index contributed by atoms with van der Waals surface area (Å²) in [6, 6.07) is 6.38. The fraction of sp³-hybridized carbons (Fsp3) is 0.385. The van der Waals surface area contributed by atoms with Gasteiger partial charge in [0.15, 0.2) is 0 Å². The van der Waals surface area contributed by atoms with E-state index in [2.05, 4.69) is 5.32 Å². The summed E-state index contributed by atoms with van der Waals surface area (Å²) in [6.45, 7) is 3.43. The average Bonchev–Trinajstić information content (AvgIpc) is 2.37. The zero-order valence-electron chi connectivity index (χ0n) is 10.7. The van der Waals surface area contributed by atoms with Crippen molar-refractivity contribution in [2.24, 2.45) is 0 Å². The Bertz CT molecular complexity index is 467. The minimum atomic E-state index is -1.02. The van der Waals surface area contributed by atoms with Crippen molar-refractivity contribution in [3.63, 3.8) is 0 Å². The van der Waals surface area contributed by atoms with E-state index in [1.807, 2.05) is 18.2 Å². The highest BCUT2D eigenvalue weighted by Crippen LogP contribution is 2.30. The maximum Gasteiger partial charge on any atom is 0.326 e. The largest absolute Gasteiger partial charge is 0.480 e. The molecule has 0 radical (unpaired) electrons. The first-order valence-electron chi connectivity index (χ1n) is 5.90. The van der Waals surface area contributed by atoms with Crippen LogP contribution >= 0.6 is 23.4 Å². The van der Waals surface area contributed by atoms with Crippen LogP contribution in [-0.4, -0.2) is 28.3 Å². The standard InChI is InChI=1S/C13H16ClNO3S/c1-3-10(13(17)18)15-12(16)8(2)19-11-7-5-4-6-9(11)14/h4-8,10H,3H2,1-2H3,(H,15,16)(H,17,18). The third-order valence-electron chi connectivity index (χ3n) is 2.53. The van der Waals surface area contributed by atoms with E-state index in [0.29, 0.717) is 11.4 Å². The Balaban J connectivity index is 2.63. The number of benzene rings is 1. The fourth-order valence-corrected chi connectivity index (χ4v) is 2.57. The fourth-order valence-electron chi connectivity index (χ4n) is 1.41. The van der Waals surface area contributed by atoms with Gasteiger partial charge in [-0.05, 0) is 25.5 Å². The van der Waals surface area contributed by atoms with Crippen molar-refractivity contribution < 1.29 is 14.7 Å². The summed E-state index contributed by atoms with van der Waals surface area (Å²) in [6.07, 6.45) is 0.352. The van der Waals surface area contributed by atoms with Gasteiger partial charge in [-0.15, -0.1) is 11.8 Å². The van der Waals surface area contributed by atoms with Crippen LogP contribution in [0.3, 0.4) is 0 Å². The van der Waals surface area contributed by atoms with Crippen LogP contribution in [0.5, 0.6) is 0 Å². The first-order valence-corrected chi connectivity index (χ1v) is 7.15. The van der Waals surface area contributed by atoms with Gasteiger partial charge in [-0.3, -0.25) is 4.79 Å². The molecule has 0 fully saturated rings. The van der Waals surface area contributed by atoms with Crippen LogP contribution in [0.15, 0.2) is 29.2 Å². The number of thioether (sulfide) groups is 1. The third-order valence-corrected chi connectivity index (χ3v) is 4.15. The van der Waals surface area contributed by atoms with Gasteiger partial charge in [0.05, 0.1) is 10.3 Å². The molecular weight excluding hydrogens is 286 g/mol. The van der Waals surface area contributed by atoms with Gasteiger partial charge < -0.3 is 10.4 Å². The van der Waals surface area contributed by atoms with Crippen molar-refractivity contribution in [1.82, 2.24) is 5.32 Å². The molecule has 0 aromatic heterocycles. The summed E-state index contributed by atoms with van der Waals surface area (Å²) in [7, 11) is 0. The highest BCUT2D eigenvalue weighted by atomic mass is 35.5. The highest BCUT2D eigenvalue weighted by molar-refractivity contribution is 8.00. The Kier molecular flexibility index (Phi) is 6.18. The van der Waals surface area contributed by atoms with Gasteiger partial charge in [-0.25, -0.2) is 4.79 Å². The van der Waals surface area contributed by atoms with E-state index in [4.69, 9.17) is 16.7 Å². The van der Waals surface area contributed by atoms with Crippen molar-refractivity contribution in [1.29, 1.82) is 0 Å². The molecule has 0 spiro atoms. The number of carboxylic acid groups (broad SMARTS) is 1. The minimum absolute atomic E-state index is 0.306. The Morgan fingerprint density at radius 1 is 1.42 bits per heavy atom. The molecule has 1 amide bonds. The number of carbonyl (C=O) groups excluding carboxylic acids is 1. The zero-order chi connectivity index (χ0) is 14.4. The number of carbonyl (C=O) groups is 2. The topological polar surface area (TPSA) is 66.4 Å². The SMILES string of the molecule is CCC(NC(=O)C(C)Sc1ccccc1Cl)C(=O)O. The minimum Gasteiger partial charge on any atom is -0.480 e. The van der Waals surface area contributed by atoms with Crippen LogP contribution in [-0.2, 0) is 9.59 Å². The molecular formula is C13H16ClNO3S. The number of nitrogens with one attached hydrogen (secondary N) is 1. The molecule has 0 aliphatic rings. The Morgan fingerprint density at radius 2 is 2.05 bits per heavy atom. The lowest BCUT2D eigenvalue weighted by atomic mass is 10.2. The highest BCUT2D eigenvalue weighted by Gasteiger charge is 2.22. The zero-order valence-corrected chi connectivity index (χ0v) is 12.3. The summed E-state index contributed by atoms with van der Waals surface area (Å²) in [5, 5.41) is 11.6. The van der Waals surface area contributed by atoms with E-state index in [9.17, 15) is 9.59 Å². The van der Waals surface area contributed by atoms with Gasteiger partial charge >= 0.3 is 5.97 Å². The molecule has 4 nitrogen and oxygen atoms in total. The van der Waals surface area contributed by atoms with E-state index in [0.717, 1.165) is 4.90 Å². The molecule has 2 N–H and O–H groups in total. The normalized spacial score (nSPS) is 13.6. The molecule has 2 unspecified atom stereocenters. The second kappa shape index (κ2) is 7.40. The van der Waals surface area contributed by atoms with Crippen LogP contribution in [0.2, 0.25) is 5.02 Å². The van der Waals surface area contributed by atoms with Crippen molar-refractivity contribution in [3.8, 4) is 0 Å². The van der Waals surface area contributed by atoms with Crippen LogP contribution in [0, 0.1) is 0 Å². The van der Waals surface area contributed by atoms with E-state index in [-0.39, 0.29) is 5.91 Å². The lowest BCUT2D eigenvalue weighted by Gasteiger charge is -2.16. The Labute approximate surface area is 121 Å². The molecule has 0 aliphatic carbocycles. The van der Waals surface area contributed by atoms with Gasteiger partial charge in [-0.1, -0.05) is 30.7 Å². The van der Waals surface area contributed by atoms with Crippen LogP contribution < -0.4 is 5.32 Å². The van der Waals surface area contributed by atoms with Gasteiger partial charge in [0.1, 0.15) is 6.04 Å². The van der Waals surface area contributed by atoms with E-state index in [1.54, 1.807) is 19.9 Å². The molecule has 0 saturated carbocycles. The molecule has 0 saturated heterocycles. The quantitative estimate of drug-likeness (QED) is 0.793. The first-order chi connectivity index (χ1) is 8.95. The average molecular weight is 302 g/mol. The van der Waals surface area contributed by atoms with Crippen molar-refractivity contribution in [3.05, 3.63) is 29.3 Å². The van der Waals surface area contributed by atoms with E-state index >= 15 is 0 Å². The smallest absolute Gasteiger partial charge is 0.326 e. The summed E-state index contributed by atoms with van der Waals surface area (Å²) in [4.78, 5) is 23.6. The molecule has 6 heteroatoms. The molecule has 1 aromatic carbocycles. The maximum atomic E-state index is 11.9. The van der Waals surface area contributed by atoms with E-state index in [1.165, 1.54) is 11.8 Å². The Morgan fingerprint density at radius 3 is 2.58 bits per heavy atom. The number of halogens is 1. The molecule has 0 aliphatic heterocycles. The van der Waals surface area contributed by atoms with Crippen LogP contribution in [0.25, 0.3) is 0 Å². The molecule has 104 valence electrons. The van der Waals surface area contributed by atoms with Crippen LogP contribution in [0.1, 0.15) is 20.3 Å². The predicted octanol–water partition coefficient (Wildman–Crippen LogP) is 2.80. The molecule has 19 heavy (non-hydrogen) atoms. The monoisotopic (exact) mass is 301 g/mol. The number of rotatable bonds is 6. The molecule has 2 atom stereocenters. The second-order valence-corrected chi connectivity index (χ2v) is 5.79. The van der Waals surface area contributed by atoms with Gasteiger partial charge in [0.25, 0.3) is 0 Å². The molecule has 1 aromatic rings. The van der Waals surface area contributed by atoms with Crippen molar-refractivity contribution in [2.75, 3.05) is 0 Å². The number of amides is 1. The summed E-state index contributed by atoms with van der Waals surface area (Å²) >= 11 is 7.32. The number of hydrogen-bond acceptors (Lipinski definition) is 3. The number of carboxylic acids is 1. The summed E-state index contributed by atoms with van der Waals surface area (Å²) in [5.41, 5.74) is 0. The van der Waals surface area contributed by atoms with Gasteiger partial charge in [-0.2, -0.15) is 0 Å². The Hall–Kier alpha value is -1.20. The van der Waals surface area contributed by atoms with Gasteiger partial charge in [0.2, 0.25) is 5.91 Å². The second-order valence-electron chi connectivity index (χ2n) is 4.00. The number of hydrogen-bond donors (Lipinski definition) is 2. The molecule has 1 rings (SSSR count).